The van der Waals surface area contributed by atoms with Crippen LogP contribution in [0.15, 0.2) is 52.9 Å². The maximum atomic E-state index is 6.60. The van der Waals surface area contributed by atoms with Crippen LogP contribution in [0.5, 0.6) is 0 Å². The average molecular weight is 501 g/mol. The van der Waals surface area contributed by atoms with E-state index >= 15 is 0 Å². The molecule has 2 aliphatic carbocycles. The van der Waals surface area contributed by atoms with Crippen LogP contribution in [0.4, 0.5) is 0 Å². The summed E-state index contributed by atoms with van der Waals surface area (Å²) < 4.78 is 15.1. The van der Waals surface area contributed by atoms with Crippen LogP contribution in [0, 0.1) is 33.6 Å². The van der Waals surface area contributed by atoms with Gasteiger partial charge in [-0.25, -0.2) is 0 Å². The summed E-state index contributed by atoms with van der Waals surface area (Å²) in [5, 5.41) is 2.64. The van der Waals surface area contributed by atoms with Crippen LogP contribution in [-0.4, -0.2) is 13.7 Å². The summed E-state index contributed by atoms with van der Waals surface area (Å²) in [4.78, 5) is 0. The van der Waals surface area contributed by atoms with Crippen molar-refractivity contribution in [3.8, 4) is 22.6 Å². The van der Waals surface area contributed by atoms with Crippen molar-refractivity contribution >= 4 is 21.9 Å². The Morgan fingerprint density at radius 1 is 0.895 bits per heavy atom. The maximum absolute atomic E-state index is 6.60. The van der Waals surface area contributed by atoms with Crippen LogP contribution in [0.1, 0.15) is 64.8 Å². The fourth-order valence-electron chi connectivity index (χ4n) is 8.31. The Labute approximate surface area is 224 Å². The highest BCUT2D eigenvalue weighted by atomic mass is 16.5. The quantitative estimate of drug-likeness (QED) is 0.230. The summed E-state index contributed by atoms with van der Waals surface area (Å²) >= 11 is 0. The van der Waals surface area contributed by atoms with Crippen molar-refractivity contribution in [2.75, 3.05) is 13.7 Å². The number of aryl methyl sites for hydroxylation is 4. The molecule has 1 saturated carbocycles. The topological polar surface area (TPSA) is 26.2 Å². The van der Waals surface area contributed by atoms with Crippen molar-refractivity contribution in [2.24, 2.45) is 5.92 Å². The number of benzene rings is 3. The first kappa shape index (κ1) is 22.5. The van der Waals surface area contributed by atoms with Crippen molar-refractivity contribution in [2.45, 2.75) is 58.9 Å². The lowest BCUT2D eigenvalue weighted by Crippen LogP contribution is -2.41. The maximum Gasteiger partial charge on any atom is 0.214 e. The smallest absolute Gasteiger partial charge is 0.214 e. The number of ether oxygens (including phenoxy) is 1. The zero-order valence-electron chi connectivity index (χ0n) is 23.3. The minimum atomic E-state index is -0.170. The number of methoxy groups -OCH3 is 1. The third-order valence-electron chi connectivity index (χ3n) is 9.70. The molecule has 3 nitrogen and oxygen atoms in total. The minimum absolute atomic E-state index is 0.170. The Morgan fingerprint density at radius 3 is 2.47 bits per heavy atom. The molecule has 3 heteroatoms. The highest BCUT2D eigenvalue weighted by Gasteiger charge is 2.64. The first-order valence-electron chi connectivity index (χ1n) is 13.9. The van der Waals surface area contributed by atoms with Gasteiger partial charge in [0.25, 0.3) is 0 Å². The van der Waals surface area contributed by atoms with Crippen molar-refractivity contribution in [3.63, 3.8) is 0 Å². The number of hydrogen-bond donors (Lipinski definition) is 0. The Bertz CT molecular complexity index is 1870. The zero-order valence-corrected chi connectivity index (χ0v) is 23.3. The van der Waals surface area contributed by atoms with E-state index in [0.29, 0.717) is 17.9 Å². The van der Waals surface area contributed by atoms with Crippen LogP contribution in [0.25, 0.3) is 44.5 Å². The zero-order chi connectivity index (χ0) is 26.2. The standard InChI is InChI=1S/C35H34NO2/c1-17-8-11-27-23(13-17)32-34(38-27)22-10-9-21-29-24(16-37-7)33(29)36-25-14-18(2)12-19(3)28(25)20(4)15-26(36)30(21)31(22)35(32,5)6/h8-15,24,29,33H,16H2,1-7H3/q+1. The van der Waals surface area contributed by atoms with Crippen molar-refractivity contribution < 1.29 is 13.7 Å². The Morgan fingerprint density at radius 2 is 1.68 bits per heavy atom. The summed E-state index contributed by atoms with van der Waals surface area (Å²) in [5.41, 5.74) is 15.8. The Kier molecular flexibility index (Phi) is 4.24. The number of furan rings is 1. The predicted molar refractivity (Wildman–Crippen MR) is 153 cm³/mol. The van der Waals surface area contributed by atoms with Crippen molar-refractivity contribution in [1.29, 1.82) is 0 Å². The van der Waals surface area contributed by atoms with E-state index in [0.717, 1.165) is 18.0 Å². The van der Waals surface area contributed by atoms with Gasteiger partial charge in [0.15, 0.2) is 6.04 Å². The highest BCUT2D eigenvalue weighted by Crippen LogP contribution is 2.64. The number of rotatable bonds is 2. The molecular formula is C35H34NO2+. The molecule has 0 N–H and O–H groups in total. The van der Waals surface area contributed by atoms with Gasteiger partial charge in [-0.15, -0.1) is 0 Å². The molecule has 3 aromatic carbocycles. The fraction of sp³-hybridized carbons (Fsp3) is 0.343. The second-order valence-electron chi connectivity index (χ2n) is 12.6. The SMILES string of the molecule is COCC1C2c3ccc4c(c3-c3cc(C)c5c(C)cc(C)cc5[n+]3C12)C(C)(C)c1c-4oc2ccc(C)cc12. The van der Waals surface area contributed by atoms with Crippen LogP contribution >= 0.6 is 0 Å². The summed E-state index contributed by atoms with van der Waals surface area (Å²) in [6.07, 6.45) is 0. The van der Waals surface area contributed by atoms with Gasteiger partial charge in [0, 0.05) is 41.2 Å². The summed E-state index contributed by atoms with van der Waals surface area (Å²) in [7, 11) is 1.84. The third kappa shape index (κ3) is 2.61. The van der Waals surface area contributed by atoms with E-state index < -0.39 is 0 Å². The lowest BCUT2D eigenvalue weighted by molar-refractivity contribution is -0.669. The molecule has 3 atom stereocenters. The Balaban J connectivity index is 1.49. The van der Waals surface area contributed by atoms with E-state index in [1.807, 2.05) is 7.11 Å². The van der Waals surface area contributed by atoms with Crippen LogP contribution in [0.2, 0.25) is 0 Å². The number of hydrogen-bond acceptors (Lipinski definition) is 2. The molecule has 3 unspecified atom stereocenters. The molecule has 3 aliphatic rings. The second-order valence-corrected chi connectivity index (χ2v) is 12.6. The molecule has 38 heavy (non-hydrogen) atoms. The van der Waals surface area contributed by atoms with Crippen LogP contribution in [0.3, 0.4) is 0 Å². The largest absolute Gasteiger partial charge is 0.456 e. The van der Waals surface area contributed by atoms with Gasteiger partial charge in [-0.3, -0.25) is 0 Å². The van der Waals surface area contributed by atoms with Crippen LogP contribution < -0.4 is 4.57 Å². The van der Waals surface area contributed by atoms with Crippen molar-refractivity contribution in [1.82, 2.24) is 0 Å². The van der Waals surface area contributed by atoms with E-state index in [-0.39, 0.29) is 5.41 Å². The summed E-state index contributed by atoms with van der Waals surface area (Å²) in [6, 6.07) is 18.9. The molecule has 0 radical (unpaired) electrons. The minimum Gasteiger partial charge on any atom is -0.456 e. The van der Waals surface area contributed by atoms with Gasteiger partial charge in [0.1, 0.15) is 11.3 Å². The summed E-state index contributed by atoms with van der Waals surface area (Å²) in [6.45, 7) is 14.5. The van der Waals surface area contributed by atoms with Gasteiger partial charge in [-0.2, -0.15) is 4.57 Å². The molecule has 3 heterocycles. The van der Waals surface area contributed by atoms with E-state index in [1.54, 1.807) is 0 Å². The lowest BCUT2D eigenvalue weighted by Gasteiger charge is -2.27. The first-order valence-corrected chi connectivity index (χ1v) is 13.9. The average Bonchev–Trinajstić information content (AvgIpc) is 3.34. The van der Waals surface area contributed by atoms with Crippen molar-refractivity contribution in [3.05, 3.63) is 87.5 Å². The fourth-order valence-corrected chi connectivity index (χ4v) is 8.31. The normalized spacial score (nSPS) is 21.7. The molecule has 5 aromatic rings. The van der Waals surface area contributed by atoms with Crippen LogP contribution in [-0.2, 0) is 10.2 Å². The number of fused-ring (bicyclic) bond motifs is 14. The van der Waals surface area contributed by atoms with Gasteiger partial charge in [0.2, 0.25) is 11.2 Å². The van der Waals surface area contributed by atoms with E-state index in [2.05, 4.69) is 94.6 Å². The number of aromatic nitrogens is 1. The molecule has 0 saturated heterocycles. The van der Waals surface area contributed by atoms with E-state index in [4.69, 9.17) is 9.15 Å². The highest BCUT2D eigenvalue weighted by molar-refractivity contribution is 5.98. The van der Waals surface area contributed by atoms with Gasteiger partial charge in [-0.1, -0.05) is 43.7 Å². The van der Waals surface area contributed by atoms with E-state index in [1.165, 1.54) is 72.1 Å². The van der Waals surface area contributed by atoms with Gasteiger partial charge < -0.3 is 9.15 Å². The molecule has 0 amide bonds. The summed E-state index contributed by atoms with van der Waals surface area (Å²) in [5.74, 6) is 2.01. The third-order valence-corrected chi connectivity index (χ3v) is 9.70. The molecule has 2 aromatic heterocycles. The molecular weight excluding hydrogens is 466 g/mol. The monoisotopic (exact) mass is 500 g/mol. The number of pyridine rings is 1. The number of nitrogens with zero attached hydrogens (tertiary/aromatic N) is 1. The Hall–Kier alpha value is -3.43. The van der Waals surface area contributed by atoms with Gasteiger partial charge in [-0.05, 0) is 67.6 Å². The second kappa shape index (κ2) is 7.15. The van der Waals surface area contributed by atoms with Gasteiger partial charge in [0.05, 0.1) is 29.4 Å². The first-order chi connectivity index (χ1) is 18.2. The molecule has 8 rings (SSSR count). The molecule has 1 fully saturated rings. The lowest BCUT2D eigenvalue weighted by atomic mass is 9.76. The predicted octanol–water partition coefficient (Wildman–Crippen LogP) is 7.99. The molecule has 0 bridgehead atoms. The van der Waals surface area contributed by atoms with Gasteiger partial charge >= 0.3 is 0 Å². The molecule has 1 aliphatic heterocycles. The molecule has 0 spiro atoms. The molecule has 190 valence electrons. The van der Waals surface area contributed by atoms with E-state index in [9.17, 15) is 0 Å².